The summed E-state index contributed by atoms with van der Waals surface area (Å²) in [6, 6.07) is 17.0. The topological polar surface area (TPSA) is 76.0 Å². The predicted octanol–water partition coefficient (Wildman–Crippen LogP) is 3.94. The number of carbonyl (C=O) groups is 2. The normalized spacial score (nSPS) is 10.8. The molecule has 6 heteroatoms. The molecule has 2 N–H and O–H groups in total. The van der Waals surface area contributed by atoms with Gasteiger partial charge < -0.3 is 10.6 Å². The van der Waals surface area contributed by atoms with Crippen molar-refractivity contribution in [2.75, 3.05) is 5.32 Å². The number of aromatic nitrogens is 2. The first-order valence-corrected chi connectivity index (χ1v) is 9.20. The first-order chi connectivity index (χ1) is 13.4. The monoisotopic (exact) mass is 376 g/mol. The summed E-state index contributed by atoms with van der Waals surface area (Å²) >= 11 is 0. The highest BCUT2D eigenvalue weighted by molar-refractivity contribution is 5.95. The van der Waals surface area contributed by atoms with E-state index in [1.807, 2.05) is 63.2 Å². The summed E-state index contributed by atoms with van der Waals surface area (Å²) in [5.74, 6) is 0.312. The number of anilines is 1. The Morgan fingerprint density at radius 3 is 2.21 bits per heavy atom. The van der Waals surface area contributed by atoms with E-state index in [-0.39, 0.29) is 17.9 Å². The highest BCUT2D eigenvalue weighted by Gasteiger charge is 2.19. The van der Waals surface area contributed by atoms with Crippen molar-refractivity contribution in [1.29, 1.82) is 0 Å². The van der Waals surface area contributed by atoms with E-state index in [2.05, 4.69) is 15.7 Å². The first kappa shape index (κ1) is 19.4. The molecule has 0 unspecified atom stereocenters. The molecule has 0 atom stereocenters. The molecule has 3 aromatic rings. The van der Waals surface area contributed by atoms with E-state index in [1.165, 1.54) is 6.92 Å². The molecule has 0 bridgehead atoms. The summed E-state index contributed by atoms with van der Waals surface area (Å²) in [6.07, 6.45) is 0. The summed E-state index contributed by atoms with van der Waals surface area (Å²) in [6.45, 7) is 7.22. The number of benzene rings is 2. The fraction of sp³-hybridized carbons (Fsp3) is 0.227. The van der Waals surface area contributed by atoms with Gasteiger partial charge in [-0.05, 0) is 50.6 Å². The molecule has 1 heterocycles. The Balaban J connectivity index is 2.04. The van der Waals surface area contributed by atoms with Crippen LogP contribution in [0.5, 0.6) is 0 Å². The number of rotatable bonds is 5. The molecule has 144 valence electrons. The van der Waals surface area contributed by atoms with Gasteiger partial charge in [-0.25, -0.2) is 4.68 Å². The lowest BCUT2D eigenvalue weighted by Crippen LogP contribution is -2.30. The van der Waals surface area contributed by atoms with Crippen LogP contribution >= 0.6 is 0 Å². The van der Waals surface area contributed by atoms with Gasteiger partial charge in [0.2, 0.25) is 5.91 Å². The van der Waals surface area contributed by atoms with E-state index in [9.17, 15) is 9.59 Å². The van der Waals surface area contributed by atoms with Gasteiger partial charge in [-0.3, -0.25) is 9.59 Å². The van der Waals surface area contributed by atoms with E-state index < -0.39 is 0 Å². The van der Waals surface area contributed by atoms with Crippen LogP contribution in [-0.2, 0) is 4.79 Å². The second-order valence-corrected chi connectivity index (χ2v) is 6.94. The number of amides is 2. The van der Waals surface area contributed by atoms with Gasteiger partial charge >= 0.3 is 0 Å². The van der Waals surface area contributed by atoms with Crippen LogP contribution in [0.3, 0.4) is 0 Å². The molecule has 0 saturated carbocycles. The first-order valence-electron chi connectivity index (χ1n) is 9.20. The molecule has 28 heavy (non-hydrogen) atoms. The Hall–Kier alpha value is -3.41. The van der Waals surface area contributed by atoms with Crippen LogP contribution in [0.2, 0.25) is 0 Å². The SMILES string of the molecule is CC(=O)Nc1c(-c2ccccc2)c(C)nn1-c1ccc(C(=O)NC(C)C)cc1. The van der Waals surface area contributed by atoms with Crippen molar-refractivity contribution >= 4 is 17.6 Å². The molecule has 0 aliphatic heterocycles. The average molecular weight is 376 g/mol. The minimum absolute atomic E-state index is 0.0701. The smallest absolute Gasteiger partial charge is 0.251 e. The minimum Gasteiger partial charge on any atom is -0.350 e. The number of nitrogens with zero attached hydrogens (tertiary/aromatic N) is 2. The molecule has 2 amide bonds. The summed E-state index contributed by atoms with van der Waals surface area (Å²) in [5, 5.41) is 10.4. The van der Waals surface area contributed by atoms with E-state index in [1.54, 1.807) is 16.8 Å². The van der Waals surface area contributed by atoms with Crippen molar-refractivity contribution in [1.82, 2.24) is 15.1 Å². The van der Waals surface area contributed by atoms with Crippen LogP contribution in [0.15, 0.2) is 54.6 Å². The van der Waals surface area contributed by atoms with Crippen LogP contribution in [0, 0.1) is 6.92 Å². The lowest BCUT2D eigenvalue weighted by Gasteiger charge is -2.12. The van der Waals surface area contributed by atoms with Gasteiger partial charge in [0.05, 0.1) is 11.4 Å². The fourth-order valence-corrected chi connectivity index (χ4v) is 3.05. The third-order valence-electron chi connectivity index (χ3n) is 4.21. The molecule has 3 rings (SSSR count). The Morgan fingerprint density at radius 2 is 1.64 bits per heavy atom. The number of nitrogens with one attached hydrogen (secondary N) is 2. The molecule has 2 aromatic carbocycles. The van der Waals surface area contributed by atoms with Gasteiger partial charge in [0.15, 0.2) is 0 Å². The third kappa shape index (κ3) is 4.11. The zero-order chi connectivity index (χ0) is 20.3. The van der Waals surface area contributed by atoms with Gasteiger partial charge in [0.1, 0.15) is 5.82 Å². The molecule has 1 aromatic heterocycles. The zero-order valence-corrected chi connectivity index (χ0v) is 16.5. The van der Waals surface area contributed by atoms with Crippen LogP contribution in [0.4, 0.5) is 5.82 Å². The lowest BCUT2D eigenvalue weighted by molar-refractivity contribution is -0.114. The number of hydrogen-bond donors (Lipinski definition) is 2. The molecule has 0 radical (unpaired) electrons. The van der Waals surface area contributed by atoms with Crippen molar-refractivity contribution in [3.05, 3.63) is 65.9 Å². The van der Waals surface area contributed by atoms with Gasteiger partial charge in [-0.15, -0.1) is 0 Å². The minimum atomic E-state index is -0.175. The summed E-state index contributed by atoms with van der Waals surface area (Å²) in [4.78, 5) is 24.0. The van der Waals surface area contributed by atoms with Crippen LogP contribution in [0.1, 0.15) is 36.8 Å². The number of carbonyl (C=O) groups excluding carboxylic acids is 2. The number of hydrogen-bond acceptors (Lipinski definition) is 3. The highest BCUT2D eigenvalue weighted by atomic mass is 16.2. The molecule has 0 aliphatic carbocycles. The molecule has 6 nitrogen and oxygen atoms in total. The standard InChI is InChI=1S/C22H24N4O2/c1-14(2)23-22(28)18-10-12-19(13-11-18)26-21(24-16(4)27)20(15(3)25-26)17-8-6-5-7-9-17/h5-14H,1-4H3,(H,23,28)(H,24,27). The van der Waals surface area contributed by atoms with Crippen molar-refractivity contribution in [2.45, 2.75) is 33.7 Å². The van der Waals surface area contributed by atoms with Crippen molar-refractivity contribution in [2.24, 2.45) is 0 Å². The van der Waals surface area contributed by atoms with Crippen LogP contribution < -0.4 is 10.6 Å². The van der Waals surface area contributed by atoms with Crippen LogP contribution in [0.25, 0.3) is 16.8 Å². The fourth-order valence-electron chi connectivity index (χ4n) is 3.05. The molecule has 0 saturated heterocycles. The van der Waals surface area contributed by atoms with Crippen LogP contribution in [-0.4, -0.2) is 27.6 Å². The Labute approximate surface area is 164 Å². The Bertz CT molecular complexity index is 989. The molecule has 0 aliphatic rings. The summed E-state index contributed by atoms with van der Waals surface area (Å²) in [5.41, 5.74) is 3.98. The average Bonchev–Trinajstić information content (AvgIpc) is 2.97. The Kier molecular flexibility index (Phi) is 5.59. The van der Waals surface area contributed by atoms with Gasteiger partial charge in [0, 0.05) is 24.1 Å². The quantitative estimate of drug-likeness (QED) is 0.708. The molecule has 0 spiro atoms. The lowest BCUT2D eigenvalue weighted by atomic mass is 10.1. The van der Waals surface area contributed by atoms with Crippen molar-refractivity contribution < 1.29 is 9.59 Å². The molecule has 0 fully saturated rings. The number of aryl methyl sites for hydroxylation is 1. The maximum Gasteiger partial charge on any atom is 0.251 e. The zero-order valence-electron chi connectivity index (χ0n) is 16.5. The van der Waals surface area contributed by atoms with Gasteiger partial charge in [-0.2, -0.15) is 5.10 Å². The summed E-state index contributed by atoms with van der Waals surface area (Å²) < 4.78 is 1.70. The predicted molar refractivity (Wildman–Crippen MR) is 111 cm³/mol. The van der Waals surface area contributed by atoms with Gasteiger partial charge in [0.25, 0.3) is 5.91 Å². The maximum atomic E-state index is 12.2. The van der Waals surface area contributed by atoms with E-state index in [0.717, 1.165) is 22.5 Å². The second kappa shape index (κ2) is 8.08. The third-order valence-corrected chi connectivity index (χ3v) is 4.21. The van der Waals surface area contributed by atoms with Gasteiger partial charge in [-0.1, -0.05) is 30.3 Å². The Morgan fingerprint density at radius 1 is 1.00 bits per heavy atom. The summed E-state index contributed by atoms with van der Waals surface area (Å²) in [7, 11) is 0. The van der Waals surface area contributed by atoms with E-state index in [4.69, 9.17) is 0 Å². The largest absolute Gasteiger partial charge is 0.350 e. The maximum absolute atomic E-state index is 12.2. The highest BCUT2D eigenvalue weighted by Crippen LogP contribution is 2.33. The molecular weight excluding hydrogens is 352 g/mol. The van der Waals surface area contributed by atoms with E-state index >= 15 is 0 Å². The van der Waals surface area contributed by atoms with Crippen molar-refractivity contribution in [3.63, 3.8) is 0 Å². The van der Waals surface area contributed by atoms with Crippen molar-refractivity contribution in [3.8, 4) is 16.8 Å². The second-order valence-electron chi connectivity index (χ2n) is 6.94. The van der Waals surface area contributed by atoms with E-state index in [0.29, 0.717) is 11.4 Å². The molecular formula is C22H24N4O2.